The van der Waals surface area contributed by atoms with Crippen molar-refractivity contribution in [1.29, 1.82) is 0 Å². The average Bonchev–Trinajstić information content (AvgIpc) is 2.52. The first-order valence-corrected chi connectivity index (χ1v) is 8.17. The second-order valence-corrected chi connectivity index (χ2v) is 6.43. The van der Waals surface area contributed by atoms with Crippen LogP contribution < -0.4 is 0 Å². The number of aliphatic carboxylic acids is 1. The van der Waals surface area contributed by atoms with Crippen LogP contribution in [-0.4, -0.2) is 59.5 Å². The van der Waals surface area contributed by atoms with Crippen LogP contribution in [0.2, 0.25) is 0 Å². The Hall–Kier alpha value is -1.88. The molecule has 0 saturated carbocycles. The van der Waals surface area contributed by atoms with Crippen LogP contribution in [0.3, 0.4) is 0 Å². The summed E-state index contributed by atoms with van der Waals surface area (Å²) in [6.45, 7) is 5.19. The third-order valence-corrected chi connectivity index (χ3v) is 5.06. The standard InChI is InChI=1S/C18H26N2O3/c1-5-18(6-2)15(17(22)23)13-9-7-8-10-14(13)16(21)20(18)12-11-19(3)4/h7-10,15H,5-6,11-12H2,1-4H3,(H,22,23). The molecule has 1 atom stereocenters. The second-order valence-electron chi connectivity index (χ2n) is 6.43. The molecule has 1 aliphatic rings. The van der Waals surface area contributed by atoms with Crippen LogP contribution in [0.25, 0.3) is 0 Å². The van der Waals surface area contributed by atoms with E-state index in [-0.39, 0.29) is 5.91 Å². The van der Waals surface area contributed by atoms with Crippen LogP contribution in [0.1, 0.15) is 48.5 Å². The van der Waals surface area contributed by atoms with Crippen LogP contribution in [0.15, 0.2) is 24.3 Å². The number of carbonyl (C=O) groups excluding carboxylic acids is 1. The lowest BCUT2D eigenvalue weighted by Crippen LogP contribution is -2.61. The quantitative estimate of drug-likeness (QED) is 0.875. The van der Waals surface area contributed by atoms with Crippen LogP contribution in [0.4, 0.5) is 0 Å². The minimum atomic E-state index is -0.858. The number of carboxylic acid groups (broad SMARTS) is 1. The maximum Gasteiger partial charge on any atom is 0.313 e. The molecular formula is C18H26N2O3. The smallest absolute Gasteiger partial charge is 0.313 e. The summed E-state index contributed by atoms with van der Waals surface area (Å²) in [5.74, 6) is -1.60. The number of nitrogens with zero attached hydrogens (tertiary/aromatic N) is 2. The average molecular weight is 318 g/mol. The van der Waals surface area contributed by atoms with Gasteiger partial charge in [0.25, 0.3) is 5.91 Å². The summed E-state index contributed by atoms with van der Waals surface area (Å²) < 4.78 is 0. The molecule has 5 heteroatoms. The molecule has 0 fully saturated rings. The molecule has 23 heavy (non-hydrogen) atoms. The van der Waals surface area contributed by atoms with Crippen molar-refractivity contribution < 1.29 is 14.7 Å². The van der Waals surface area contributed by atoms with Crippen LogP contribution in [0, 0.1) is 0 Å². The predicted octanol–water partition coefficient (Wildman–Crippen LogP) is 2.43. The van der Waals surface area contributed by atoms with Crippen molar-refractivity contribution in [3.8, 4) is 0 Å². The number of fused-ring (bicyclic) bond motifs is 1. The van der Waals surface area contributed by atoms with Crippen LogP contribution in [-0.2, 0) is 4.79 Å². The van der Waals surface area contributed by atoms with Gasteiger partial charge in [0.1, 0.15) is 5.92 Å². The zero-order valence-electron chi connectivity index (χ0n) is 14.4. The maximum atomic E-state index is 13.0. The molecule has 1 amide bonds. The highest BCUT2D eigenvalue weighted by Gasteiger charge is 2.52. The van der Waals surface area contributed by atoms with Gasteiger partial charge in [-0.15, -0.1) is 0 Å². The summed E-state index contributed by atoms with van der Waals surface area (Å²) in [4.78, 5) is 29.0. The van der Waals surface area contributed by atoms with Gasteiger partial charge in [-0.05, 0) is 38.6 Å². The van der Waals surface area contributed by atoms with Crippen LogP contribution >= 0.6 is 0 Å². The fraction of sp³-hybridized carbons (Fsp3) is 0.556. The van der Waals surface area contributed by atoms with Gasteiger partial charge in [-0.3, -0.25) is 9.59 Å². The van der Waals surface area contributed by atoms with Crippen molar-refractivity contribution in [3.63, 3.8) is 0 Å². The minimum absolute atomic E-state index is 0.0522. The highest BCUT2D eigenvalue weighted by molar-refractivity contribution is 6.01. The van der Waals surface area contributed by atoms with Crippen molar-refractivity contribution in [2.24, 2.45) is 0 Å². The van der Waals surface area contributed by atoms with Gasteiger partial charge in [0.2, 0.25) is 0 Å². The lowest BCUT2D eigenvalue weighted by molar-refractivity contribution is -0.143. The summed E-state index contributed by atoms with van der Waals surface area (Å²) in [5, 5.41) is 9.92. The first-order valence-electron chi connectivity index (χ1n) is 8.17. The van der Waals surface area contributed by atoms with Gasteiger partial charge in [0.05, 0.1) is 5.54 Å². The molecule has 0 radical (unpaired) electrons. The summed E-state index contributed by atoms with van der Waals surface area (Å²) >= 11 is 0. The van der Waals surface area contributed by atoms with Crippen molar-refractivity contribution in [1.82, 2.24) is 9.80 Å². The summed E-state index contributed by atoms with van der Waals surface area (Å²) in [5.41, 5.74) is 0.499. The number of amides is 1. The van der Waals surface area contributed by atoms with E-state index >= 15 is 0 Å². The molecule has 0 bridgehead atoms. The molecule has 0 spiro atoms. The first kappa shape index (κ1) is 17.5. The van der Waals surface area contributed by atoms with Gasteiger partial charge in [-0.25, -0.2) is 0 Å². The summed E-state index contributed by atoms with van der Waals surface area (Å²) in [6, 6.07) is 7.14. The minimum Gasteiger partial charge on any atom is -0.481 e. The Balaban J connectivity index is 2.61. The number of benzene rings is 1. The molecule has 2 rings (SSSR count). The van der Waals surface area contributed by atoms with Gasteiger partial charge < -0.3 is 14.9 Å². The Labute approximate surface area is 137 Å². The zero-order valence-corrected chi connectivity index (χ0v) is 14.4. The van der Waals surface area contributed by atoms with Gasteiger partial charge in [-0.1, -0.05) is 32.0 Å². The number of carboxylic acids is 1. The second kappa shape index (κ2) is 6.71. The van der Waals surface area contributed by atoms with E-state index in [0.29, 0.717) is 37.1 Å². The van der Waals surface area contributed by atoms with E-state index in [0.717, 1.165) is 0 Å². The molecule has 0 saturated heterocycles. The van der Waals surface area contributed by atoms with E-state index in [1.54, 1.807) is 23.1 Å². The number of likely N-dealkylation sites (N-methyl/N-ethyl adjacent to an activating group) is 1. The van der Waals surface area contributed by atoms with Crippen molar-refractivity contribution in [2.45, 2.75) is 38.1 Å². The highest BCUT2D eigenvalue weighted by atomic mass is 16.4. The zero-order chi connectivity index (χ0) is 17.2. The SMILES string of the molecule is CCC1(CC)C(C(=O)O)c2ccccc2C(=O)N1CCN(C)C. The Morgan fingerprint density at radius 2 is 1.87 bits per heavy atom. The number of rotatable bonds is 6. The third-order valence-electron chi connectivity index (χ3n) is 5.06. The molecule has 1 aromatic rings. The third kappa shape index (κ3) is 2.85. The molecule has 1 aliphatic heterocycles. The van der Waals surface area contributed by atoms with Gasteiger partial charge >= 0.3 is 5.97 Å². The van der Waals surface area contributed by atoms with E-state index in [9.17, 15) is 14.7 Å². The highest BCUT2D eigenvalue weighted by Crippen LogP contribution is 2.45. The van der Waals surface area contributed by atoms with Gasteiger partial charge in [-0.2, -0.15) is 0 Å². The predicted molar refractivity (Wildman–Crippen MR) is 89.7 cm³/mol. The van der Waals surface area contributed by atoms with Crippen molar-refractivity contribution in [3.05, 3.63) is 35.4 Å². The van der Waals surface area contributed by atoms with Gasteiger partial charge in [0, 0.05) is 18.7 Å². The van der Waals surface area contributed by atoms with E-state index in [2.05, 4.69) is 0 Å². The van der Waals surface area contributed by atoms with Crippen molar-refractivity contribution >= 4 is 11.9 Å². The molecule has 1 heterocycles. The summed E-state index contributed by atoms with van der Waals surface area (Å²) in [6.07, 6.45) is 1.24. The van der Waals surface area contributed by atoms with E-state index in [4.69, 9.17) is 0 Å². The lowest BCUT2D eigenvalue weighted by atomic mass is 9.69. The molecule has 5 nitrogen and oxygen atoms in total. The van der Waals surface area contributed by atoms with E-state index in [1.807, 2.05) is 38.9 Å². The largest absolute Gasteiger partial charge is 0.481 e. The van der Waals surface area contributed by atoms with E-state index in [1.165, 1.54) is 0 Å². The Morgan fingerprint density at radius 3 is 2.39 bits per heavy atom. The summed E-state index contributed by atoms with van der Waals surface area (Å²) in [7, 11) is 3.91. The van der Waals surface area contributed by atoms with E-state index < -0.39 is 17.4 Å². The number of carbonyl (C=O) groups is 2. The van der Waals surface area contributed by atoms with Crippen LogP contribution in [0.5, 0.6) is 0 Å². The normalized spacial score (nSPS) is 19.8. The molecule has 0 aromatic heterocycles. The Bertz CT molecular complexity index is 594. The molecule has 1 unspecified atom stereocenters. The maximum absolute atomic E-state index is 13.0. The van der Waals surface area contributed by atoms with Gasteiger partial charge in [0.15, 0.2) is 0 Å². The molecule has 126 valence electrons. The fourth-order valence-corrected chi connectivity index (χ4v) is 3.76. The first-order chi connectivity index (χ1) is 10.9. The number of hydrogen-bond donors (Lipinski definition) is 1. The van der Waals surface area contributed by atoms with Crippen molar-refractivity contribution in [2.75, 3.05) is 27.2 Å². The molecular weight excluding hydrogens is 292 g/mol. The number of hydrogen-bond acceptors (Lipinski definition) is 3. The fourth-order valence-electron chi connectivity index (χ4n) is 3.76. The molecule has 1 aromatic carbocycles. The molecule has 1 N–H and O–H groups in total. The molecule has 0 aliphatic carbocycles. The Kier molecular flexibility index (Phi) is 5.09. The monoisotopic (exact) mass is 318 g/mol. The topological polar surface area (TPSA) is 60.9 Å². The lowest BCUT2D eigenvalue weighted by Gasteiger charge is -2.50. The Morgan fingerprint density at radius 1 is 1.26 bits per heavy atom.